The Bertz CT molecular complexity index is 1440. The number of amides is 4. The van der Waals surface area contributed by atoms with Gasteiger partial charge in [0.15, 0.2) is 0 Å². The van der Waals surface area contributed by atoms with Crippen LogP contribution in [-0.4, -0.2) is 22.8 Å². The molecule has 1 heterocycles. The number of nitro benzene ring substituents is 1. The number of carbonyl (C=O) groups is 3. The van der Waals surface area contributed by atoms with Gasteiger partial charge in [0, 0.05) is 22.7 Å². The molecule has 0 unspecified atom stereocenters. The molecular formula is C24H14Cl2FN3O6. The molecule has 1 saturated heterocycles. The number of hydrogen-bond acceptors (Lipinski definition) is 6. The van der Waals surface area contributed by atoms with Gasteiger partial charge in [-0.05, 0) is 42.0 Å². The maximum Gasteiger partial charge on any atom is 0.335 e. The molecule has 0 bridgehead atoms. The molecule has 4 amide bonds. The second-order valence-corrected chi connectivity index (χ2v) is 8.30. The third kappa shape index (κ3) is 5.19. The average molecular weight is 530 g/mol. The summed E-state index contributed by atoms with van der Waals surface area (Å²) in [6.07, 6.45) is 1.15. The van der Waals surface area contributed by atoms with Crippen molar-refractivity contribution in [1.82, 2.24) is 5.32 Å². The molecule has 182 valence electrons. The summed E-state index contributed by atoms with van der Waals surface area (Å²) in [5, 5.41) is 13.4. The SMILES string of the molecule is O=C1NC(=O)N(c2cccc([N+](=O)[O-])c2)C(=O)/C1=C/c1cc(Cl)cc(Cl)c1OCc1ccc(F)cc1. The van der Waals surface area contributed by atoms with Crippen molar-refractivity contribution in [3.8, 4) is 5.75 Å². The monoisotopic (exact) mass is 529 g/mol. The molecule has 1 aliphatic heterocycles. The van der Waals surface area contributed by atoms with Crippen LogP contribution < -0.4 is 15.0 Å². The minimum Gasteiger partial charge on any atom is -0.487 e. The van der Waals surface area contributed by atoms with Gasteiger partial charge < -0.3 is 4.74 Å². The van der Waals surface area contributed by atoms with Crippen molar-refractivity contribution >= 4 is 58.5 Å². The van der Waals surface area contributed by atoms with E-state index in [1.54, 1.807) is 0 Å². The number of imide groups is 2. The molecule has 36 heavy (non-hydrogen) atoms. The topological polar surface area (TPSA) is 119 Å². The molecule has 3 aromatic carbocycles. The van der Waals surface area contributed by atoms with Crippen LogP contribution in [-0.2, 0) is 16.2 Å². The van der Waals surface area contributed by atoms with Crippen LogP contribution in [0, 0.1) is 15.9 Å². The fourth-order valence-corrected chi connectivity index (χ4v) is 3.93. The van der Waals surface area contributed by atoms with E-state index in [1.807, 2.05) is 5.32 Å². The van der Waals surface area contributed by atoms with Crippen LogP contribution in [0.15, 0.2) is 66.2 Å². The van der Waals surface area contributed by atoms with E-state index >= 15 is 0 Å². The first kappa shape index (κ1) is 24.8. The van der Waals surface area contributed by atoms with Crippen LogP contribution in [0.2, 0.25) is 10.0 Å². The summed E-state index contributed by atoms with van der Waals surface area (Å²) < 4.78 is 19.0. The van der Waals surface area contributed by atoms with E-state index in [0.717, 1.165) is 12.1 Å². The fourth-order valence-electron chi connectivity index (χ4n) is 3.37. The standard InChI is InChI=1S/C24H14Cl2FN3O6/c25-15-8-14(21(20(26)10-15)36-12-13-4-6-16(27)7-5-13)9-19-22(31)28-24(33)29(23(19)32)17-2-1-3-18(11-17)30(34)35/h1-11H,12H2,(H,28,31,33)/b19-9+. The average Bonchev–Trinajstić information content (AvgIpc) is 2.82. The van der Waals surface area contributed by atoms with Gasteiger partial charge >= 0.3 is 6.03 Å². The van der Waals surface area contributed by atoms with Crippen molar-refractivity contribution in [2.24, 2.45) is 0 Å². The summed E-state index contributed by atoms with van der Waals surface area (Å²) in [5.41, 5.74) is -0.155. The zero-order chi connectivity index (χ0) is 26.0. The number of ether oxygens (including phenoxy) is 1. The Morgan fingerprint density at radius 1 is 1.06 bits per heavy atom. The van der Waals surface area contributed by atoms with E-state index in [1.165, 1.54) is 54.6 Å². The number of non-ortho nitro benzene ring substituents is 1. The molecule has 0 atom stereocenters. The normalized spacial score (nSPS) is 14.7. The lowest BCUT2D eigenvalue weighted by molar-refractivity contribution is -0.384. The lowest BCUT2D eigenvalue weighted by Crippen LogP contribution is -2.54. The van der Waals surface area contributed by atoms with Crippen molar-refractivity contribution in [3.05, 3.63) is 103 Å². The number of urea groups is 1. The number of nitrogens with one attached hydrogen (secondary N) is 1. The van der Waals surface area contributed by atoms with Crippen LogP contribution in [0.25, 0.3) is 6.08 Å². The Kier molecular flexibility index (Phi) is 7.00. The molecule has 12 heteroatoms. The van der Waals surface area contributed by atoms with Crippen LogP contribution in [0.5, 0.6) is 5.75 Å². The Morgan fingerprint density at radius 2 is 1.78 bits per heavy atom. The van der Waals surface area contributed by atoms with E-state index in [9.17, 15) is 28.9 Å². The Balaban J connectivity index is 1.72. The van der Waals surface area contributed by atoms with E-state index in [-0.39, 0.29) is 39.3 Å². The van der Waals surface area contributed by atoms with Crippen molar-refractivity contribution in [3.63, 3.8) is 0 Å². The molecule has 0 saturated carbocycles. The second-order valence-electron chi connectivity index (χ2n) is 7.46. The van der Waals surface area contributed by atoms with Gasteiger partial charge in [0.1, 0.15) is 23.7 Å². The molecule has 0 aromatic heterocycles. The molecule has 9 nitrogen and oxygen atoms in total. The van der Waals surface area contributed by atoms with Gasteiger partial charge in [-0.15, -0.1) is 0 Å². The van der Waals surface area contributed by atoms with Crippen LogP contribution in [0.4, 0.5) is 20.6 Å². The van der Waals surface area contributed by atoms with Gasteiger partial charge in [0.05, 0.1) is 15.6 Å². The number of benzene rings is 3. The number of nitro groups is 1. The Hall–Kier alpha value is -4.28. The highest BCUT2D eigenvalue weighted by atomic mass is 35.5. The van der Waals surface area contributed by atoms with Crippen LogP contribution >= 0.6 is 23.2 Å². The van der Waals surface area contributed by atoms with Crippen LogP contribution in [0.3, 0.4) is 0 Å². The fraction of sp³-hybridized carbons (Fsp3) is 0.0417. The maximum atomic E-state index is 13.2. The molecule has 1 N–H and O–H groups in total. The number of carbonyl (C=O) groups excluding carboxylic acids is 3. The molecule has 0 spiro atoms. The highest BCUT2D eigenvalue weighted by molar-refractivity contribution is 6.40. The third-order valence-corrected chi connectivity index (χ3v) is 5.53. The van der Waals surface area contributed by atoms with E-state index < -0.39 is 34.2 Å². The van der Waals surface area contributed by atoms with Crippen molar-refractivity contribution in [2.75, 3.05) is 4.90 Å². The molecule has 1 fully saturated rings. The summed E-state index contributed by atoms with van der Waals surface area (Å²) in [7, 11) is 0. The minimum atomic E-state index is -1.07. The summed E-state index contributed by atoms with van der Waals surface area (Å²) in [5.74, 6) is -2.35. The smallest absolute Gasteiger partial charge is 0.335 e. The maximum absolute atomic E-state index is 13.2. The van der Waals surface area contributed by atoms with E-state index in [4.69, 9.17) is 27.9 Å². The lowest BCUT2D eigenvalue weighted by Gasteiger charge is -2.26. The number of nitrogens with zero attached hydrogens (tertiary/aromatic N) is 2. The molecule has 4 rings (SSSR count). The van der Waals surface area contributed by atoms with Gasteiger partial charge in [-0.25, -0.2) is 14.1 Å². The first-order valence-corrected chi connectivity index (χ1v) is 10.9. The Morgan fingerprint density at radius 3 is 2.47 bits per heavy atom. The number of barbiturate groups is 1. The largest absolute Gasteiger partial charge is 0.487 e. The predicted molar refractivity (Wildman–Crippen MR) is 129 cm³/mol. The highest BCUT2D eigenvalue weighted by Crippen LogP contribution is 2.35. The molecule has 1 aliphatic rings. The molecule has 3 aromatic rings. The van der Waals surface area contributed by atoms with E-state index in [2.05, 4.69) is 0 Å². The summed E-state index contributed by atoms with van der Waals surface area (Å²) in [6.45, 7) is -0.0176. The van der Waals surface area contributed by atoms with Gasteiger partial charge in [-0.2, -0.15) is 0 Å². The van der Waals surface area contributed by atoms with Gasteiger partial charge in [0.2, 0.25) is 0 Å². The highest BCUT2D eigenvalue weighted by Gasteiger charge is 2.37. The second kappa shape index (κ2) is 10.1. The number of anilines is 1. The first-order valence-electron chi connectivity index (χ1n) is 10.2. The lowest BCUT2D eigenvalue weighted by atomic mass is 10.1. The van der Waals surface area contributed by atoms with Crippen LogP contribution in [0.1, 0.15) is 11.1 Å². The summed E-state index contributed by atoms with van der Waals surface area (Å²) in [4.78, 5) is 49.2. The quantitative estimate of drug-likeness (QED) is 0.200. The minimum absolute atomic E-state index is 0.0176. The van der Waals surface area contributed by atoms with Crippen molar-refractivity contribution in [2.45, 2.75) is 6.61 Å². The first-order chi connectivity index (χ1) is 17.1. The summed E-state index contributed by atoms with van der Waals surface area (Å²) in [6, 6.07) is 12.1. The van der Waals surface area contributed by atoms with Gasteiger partial charge in [-0.3, -0.25) is 25.0 Å². The summed E-state index contributed by atoms with van der Waals surface area (Å²) >= 11 is 12.4. The number of halogens is 3. The number of rotatable bonds is 6. The van der Waals surface area contributed by atoms with E-state index in [0.29, 0.717) is 10.5 Å². The van der Waals surface area contributed by atoms with Gasteiger partial charge in [-0.1, -0.05) is 41.4 Å². The number of hydrogen-bond donors (Lipinski definition) is 1. The zero-order valence-corrected chi connectivity index (χ0v) is 19.5. The van der Waals surface area contributed by atoms with Crippen molar-refractivity contribution in [1.29, 1.82) is 0 Å². The molecule has 0 radical (unpaired) electrons. The molecular weight excluding hydrogens is 516 g/mol. The van der Waals surface area contributed by atoms with Gasteiger partial charge in [0.25, 0.3) is 17.5 Å². The molecule has 0 aliphatic carbocycles. The Labute approximate surface area is 212 Å². The van der Waals surface area contributed by atoms with Crippen molar-refractivity contribution < 1.29 is 28.4 Å². The zero-order valence-electron chi connectivity index (χ0n) is 18.0. The third-order valence-electron chi connectivity index (χ3n) is 5.03. The predicted octanol–water partition coefficient (Wildman–Crippen LogP) is 5.29.